The molecule has 156 valence electrons. The Hall–Kier alpha value is -2.64. The van der Waals surface area contributed by atoms with Crippen molar-refractivity contribution in [2.45, 2.75) is 26.7 Å². The van der Waals surface area contributed by atoms with Crippen LogP contribution in [0.3, 0.4) is 0 Å². The summed E-state index contributed by atoms with van der Waals surface area (Å²) in [5.74, 6) is 1.32. The van der Waals surface area contributed by atoms with Gasteiger partial charge in [0.1, 0.15) is 12.1 Å². The van der Waals surface area contributed by atoms with Crippen molar-refractivity contribution in [2.24, 2.45) is 5.92 Å². The number of aryl methyl sites for hydroxylation is 2. The van der Waals surface area contributed by atoms with Gasteiger partial charge in [-0.3, -0.25) is 4.79 Å². The fraction of sp³-hybridized carbons (Fsp3) is 0.333. The fourth-order valence-corrected chi connectivity index (χ4v) is 4.00. The number of anilines is 2. The third kappa shape index (κ3) is 4.42. The second-order valence-corrected chi connectivity index (χ2v) is 8.29. The van der Waals surface area contributed by atoms with Gasteiger partial charge in [0, 0.05) is 30.5 Å². The van der Waals surface area contributed by atoms with Crippen molar-refractivity contribution in [3.63, 3.8) is 0 Å². The van der Waals surface area contributed by atoms with E-state index in [0.717, 1.165) is 36.6 Å². The molecule has 7 nitrogen and oxygen atoms in total. The predicted molar refractivity (Wildman–Crippen MR) is 119 cm³/mol. The summed E-state index contributed by atoms with van der Waals surface area (Å²) in [5, 5.41) is 8.31. The number of nitrogens with zero attached hydrogens (tertiary/aromatic N) is 5. The van der Waals surface area contributed by atoms with E-state index in [1.54, 1.807) is 29.2 Å². The zero-order chi connectivity index (χ0) is 21.3. The minimum atomic E-state index is -0.152. The summed E-state index contributed by atoms with van der Waals surface area (Å²) in [6.45, 7) is 5.37. The van der Waals surface area contributed by atoms with Gasteiger partial charge in [0.25, 0.3) is 0 Å². The molecule has 30 heavy (non-hydrogen) atoms. The number of carbonyl (C=O) groups is 1. The third-order valence-electron chi connectivity index (χ3n) is 5.17. The lowest BCUT2D eigenvalue weighted by Gasteiger charge is -2.33. The van der Waals surface area contributed by atoms with Gasteiger partial charge in [0.05, 0.1) is 21.7 Å². The molecule has 1 N–H and O–H groups in total. The van der Waals surface area contributed by atoms with Crippen LogP contribution in [0.2, 0.25) is 10.0 Å². The van der Waals surface area contributed by atoms with Crippen LogP contribution >= 0.6 is 23.2 Å². The molecule has 2 aromatic heterocycles. The van der Waals surface area contributed by atoms with E-state index < -0.39 is 0 Å². The Morgan fingerprint density at radius 3 is 2.63 bits per heavy atom. The molecular formula is C21H22Cl2N6O. The normalized spacial score (nSPS) is 16.5. The van der Waals surface area contributed by atoms with E-state index in [2.05, 4.69) is 25.3 Å². The van der Waals surface area contributed by atoms with Gasteiger partial charge in [0.15, 0.2) is 5.82 Å². The van der Waals surface area contributed by atoms with Crippen LogP contribution in [0.25, 0.3) is 5.82 Å². The number of rotatable bonds is 4. The van der Waals surface area contributed by atoms with E-state index in [0.29, 0.717) is 28.1 Å². The molecule has 1 fully saturated rings. The summed E-state index contributed by atoms with van der Waals surface area (Å²) in [4.78, 5) is 23.7. The molecule has 3 heterocycles. The van der Waals surface area contributed by atoms with Crippen LogP contribution in [0.5, 0.6) is 0 Å². The second-order valence-electron chi connectivity index (χ2n) is 7.48. The van der Waals surface area contributed by atoms with Crippen LogP contribution in [0.15, 0.2) is 36.7 Å². The first-order chi connectivity index (χ1) is 14.4. The van der Waals surface area contributed by atoms with Gasteiger partial charge >= 0.3 is 0 Å². The molecule has 0 bridgehead atoms. The average Bonchev–Trinajstić information content (AvgIpc) is 3.09. The highest BCUT2D eigenvalue weighted by molar-refractivity contribution is 6.42. The first-order valence-corrected chi connectivity index (χ1v) is 10.5. The summed E-state index contributed by atoms with van der Waals surface area (Å²) in [5.41, 5.74) is 2.58. The largest absolute Gasteiger partial charge is 0.356 e. The molecule has 1 atom stereocenters. The maximum absolute atomic E-state index is 12.8. The number of hydrogen-bond acceptors (Lipinski definition) is 5. The standard InChI is InChI=1S/C21H22Cl2N6O/c1-13-8-14(2)29(27-13)20-10-19(24-12-25-20)28-7-3-4-15(11-28)21(30)26-16-5-6-17(22)18(23)9-16/h5-6,8-10,12,15H,3-4,7,11H2,1-2H3,(H,26,30). The molecule has 0 spiro atoms. The number of aromatic nitrogens is 4. The van der Waals surface area contributed by atoms with Gasteiger partial charge < -0.3 is 10.2 Å². The number of nitrogens with one attached hydrogen (secondary N) is 1. The zero-order valence-corrected chi connectivity index (χ0v) is 18.3. The number of benzene rings is 1. The molecule has 0 aliphatic carbocycles. The number of piperidine rings is 1. The molecule has 1 aliphatic rings. The smallest absolute Gasteiger partial charge is 0.229 e. The van der Waals surface area contributed by atoms with Crippen LogP contribution in [0.4, 0.5) is 11.5 Å². The van der Waals surface area contributed by atoms with Crippen LogP contribution < -0.4 is 10.2 Å². The molecule has 1 amide bonds. The van der Waals surface area contributed by atoms with E-state index >= 15 is 0 Å². The van der Waals surface area contributed by atoms with Gasteiger partial charge in [0.2, 0.25) is 5.91 Å². The third-order valence-corrected chi connectivity index (χ3v) is 5.91. The monoisotopic (exact) mass is 444 g/mol. The summed E-state index contributed by atoms with van der Waals surface area (Å²) in [6, 6.07) is 9.00. The van der Waals surface area contributed by atoms with Gasteiger partial charge in [-0.25, -0.2) is 14.6 Å². The maximum Gasteiger partial charge on any atom is 0.229 e. The molecule has 1 saturated heterocycles. The van der Waals surface area contributed by atoms with Crippen molar-refractivity contribution in [1.29, 1.82) is 0 Å². The van der Waals surface area contributed by atoms with Crippen molar-refractivity contribution >= 4 is 40.6 Å². The van der Waals surface area contributed by atoms with Gasteiger partial charge in [-0.2, -0.15) is 5.10 Å². The van der Waals surface area contributed by atoms with Gasteiger partial charge in [-0.1, -0.05) is 23.2 Å². The zero-order valence-electron chi connectivity index (χ0n) is 16.8. The molecule has 3 aromatic rings. The van der Waals surface area contributed by atoms with Crippen molar-refractivity contribution < 1.29 is 4.79 Å². The molecule has 0 radical (unpaired) electrons. The highest BCUT2D eigenvalue weighted by Gasteiger charge is 2.27. The lowest BCUT2D eigenvalue weighted by molar-refractivity contribution is -0.120. The Morgan fingerprint density at radius 1 is 1.10 bits per heavy atom. The first kappa shape index (κ1) is 20.6. The quantitative estimate of drug-likeness (QED) is 0.643. The summed E-state index contributed by atoms with van der Waals surface area (Å²) in [6.07, 6.45) is 3.26. The topological polar surface area (TPSA) is 75.9 Å². The molecule has 1 unspecified atom stereocenters. The highest BCUT2D eigenvalue weighted by atomic mass is 35.5. The minimum absolute atomic E-state index is 0.0362. The van der Waals surface area contributed by atoms with E-state index in [1.807, 2.05) is 26.0 Å². The van der Waals surface area contributed by atoms with Crippen molar-refractivity contribution in [3.8, 4) is 5.82 Å². The average molecular weight is 445 g/mol. The maximum atomic E-state index is 12.8. The van der Waals surface area contributed by atoms with Crippen molar-refractivity contribution in [2.75, 3.05) is 23.3 Å². The summed E-state index contributed by atoms with van der Waals surface area (Å²) < 4.78 is 1.80. The summed E-state index contributed by atoms with van der Waals surface area (Å²) >= 11 is 12.0. The SMILES string of the molecule is Cc1cc(C)n(-c2cc(N3CCCC(C(=O)Nc4ccc(Cl)c(Cl)c4)C3)ncn2)n1. The predicted octanol–water partition coefficient (Wildman–Crippen LogP) is 4.44. The Morgan fingerprint density at radius 2 is 1.90 bits per heavy atom. The van der Waals surface area contributed by atoms with Crippen LogP contribution in [0.1, 0.15) is 24.2 Å². The van der Waals surface area contributed by atoms with Gasteiger partial charge in [-0.05, 0) is 51.0 Å². The molecular weight excluding hydrogens is 423 g/mol. The van der Waals surface area contributed by atoms with Crippen molar-refractivity contribution in [1.82, 2.24) is 19.7 Å². The van der Waals surface area contributed by atoms with Crippen LogP contribution in [-0.2, 0) is 4.79 Å². The molecule has 4 rings (SSSR count). The Labute approximate surface area is 185 Å². The second kappa shape index (κ2) is 8.62. The number of amides is 1. The molecule has 0 saturated carbocycles. The van der Waals surface area contributed by atoms with E-state index in [-0.39, 0.29) is 11.8 Å². The number of halogens is 2. The molecule has 9 heteroatoms. The first-order valence-electron chi connectivity index (χ1n) is 9.77. The minimum Gasteiger partial charge on any atom is -0.356 e. The number of hydrogen-bond donors (Lipinski definition) is 1. The van der Waals surface area contributed by atoms with E-state index in [1.165, 1.54) is 0 Å². The number of carbonyl (C=O) groups excluding carboxylic acids is 1. The fourth-order valence-electron chi connectivity index (χ4n) is 3.70. The Kier molecular flexibility index (Phi) is 5.92. The van der Waals surface area contributed by atoms with E-state index in [4.69, 9.17) is 23.2 Å². The Bertz CT molecular complexity index is 1080. The highest BCUT2D eigenvalue weighted by Crippen LogP contribution is 2.27. The van der Waals surface area contributed by atoms with Crippen molar-refractivity contribution in [3.05, 3.63) is 58.1 Å². The molecule has 1 aliphatic heterocycles. The lowest BCUT2D eigenvalue weighted by atomic mass is 9.97. The molecule has 1 aromatic carbocycles. The van der Waals surface area contributed by atoms with Crippen LogP contribution in [0, 0.1) is 19.8 Å². The Balaban J connectivity index is 1.48. The lowest BCUT2D eigenvalue weighted by Crippen LogP contribution is -2.41. The van der Waals surface area contributed by atoms with Gasteiger partial charge in [-0.15, -0.1) is 0 Å². The van der Waals surface area contributed by atoms with Crippen LogP contribution in [-0.4, -0.2) is 38.7 Å². The summed E-state index contributed by atoms with van der Waals surface area (Å²) in [7, 11) is 0. The van der Waals surface area contributed by atoms with E-state index in [9.17, 15) is 4.79 Å².